The Hall–Kier alpha value is -2.66. The summed E-state index contributed by atoms with van der Waals surface area (Å²) in [5.74, 6) is 3.00. The van der Waals surface area contributed by atoms with Gasteiger partial charge >= 0.3 is 0 Å². The van der Waals surface area contributed by atoms with Crippen LogP contribution in [0, 0.1) is 0 Å². The van der Waals surface area contributed by atoms with Gasteiger partial charge in [0.2, 0.25) is 0 Å². The molecule has 0 amide bonds. The van der Waals surface area contributed by atoms with Crippen molar-refractivity contribution >= 4 is 21.5 Å². The third kappa shape index (κ3) is 3.41. The quantitative estimate of drug-likeness (QED) is 0.503. The molecule has 5 heteroatoms. The van der Waals surface area contributed by atoms with Crippen molar-refractivity contribution < 1.29 is 18.9 Å². The first-order valence-electron chi connectivity index (χ1n) is 10.6. The van der Waals surface area contributed by atoms with E-state index in [2.05, 4.69) is 36.1 Å². The molecular weight excluding hydrogens is 378 g/mol. The SMILES string of the molecule is CCCCN1CCc2c(c3cc(OC)c(OC)cc3c3cc(OC)c(OC)cc23)C1. The molecule has 0 N–H and O–H groups in total. The predicted molar refractivity (Wildman–Crippen MR) is 122 cm³/mol. The molecule has 0 radical (unpaired) electrons. The van der Waals surface area contributed by atoms with Crippen LogP contribution in [0.5, 0.6) is 23.0 Å². The second-order valence-electron chi connectivity index (χ2n) is 7.84. The van der Waals surface area contributed by atoms with E-state index < -0.39 is 0 Å². The van der Waals surface area contributed by atoms with Gasteiger partial charge in [0.05, 0.1) is 28.4 Å². The van der Waals surface area contributed by atoms with Gasteiger partial charge in [-0.1, -0.05) is 13.3 Å². The van der Waals surface area contributed by atoms with Gasteiger partial charge in [0.15, 0.2) is 23.0 Å². The van der Waals surface area contributed by atoms with Gasteiger partial charge in [-0.3, -0.25) is 4.90 Å². The highest BCUT2D eigenvalue weighted by Gasteiger charge is 2.24. The zero-order valence-corrected chi connectivity index (χ0v) is 18.6. The molecule has 1 aliphatic rings. The van der Waals surface area contributed by atoms with Gasteiger partial charge in [-0.25, -0.2) is 0 Å². The van der Waals surface area contributed by atoms with Crippen LogP contribution >= 0.6 is 0 Å². The smallest absolute Gasteiger partial charge is 0.161 e. The van der Waals surface area contributed by atoms with E-state index in [9.17, 15) is 0 Å². The van der Waals surface area contributed by atoms with Crippen molar-refractivity contribution in [2.75, 3.05) is 41.5 Å². The van der Waals surface area contributed by atoms with Crippen molar-refractivity contribution in [2.24, 2.45) is 0 Å². The van der Waals surface area contributed by atoms with E-state index in [1.54, 1.807) is 28.4 Å². The average molecular weight is 410 g/mol. The van der Waals surface area contributed by atoms with E-state index in [0.29, 0.717) is 0 Å². The first-order valence-corrected chi connectivity index (χ1v) is 10.6. The molecule has 4 rings (SSSR count). The van der Waals surface area contributed by atoms with Gasteiger partial charge in [0.1, 0.15) is 0 Å². The Bertz CT molecular complexity index is 1080. The molecule has 160 valence electrons. The first kappa shape index (κ1) is 20.6. The summed E-state index contributed by atoms with van der Waals surface area (Å²) in [5, 5.41) is 4.77. The Labute approximate surface area is 178 Å². The van der Waals surface area contributed by atoms with Gasteiger partial charge in [-0.05, 0) is 76.3 Å². The van der Waals surface area contributed by atoms with Gasteiger partial charge < -0.3 is 18.9 Å². The van der Waals surface area contributed by atoms with Crippen molar-refractivity contribution in [3.63, 3.8) is 0 Å². The molecule has 30 heavy (non-hydrogen) atoms. The molecule has 0 fully saturated rings. The van der Waals surface area contributed by atoms with Gasteiger partial charge in [-0.2, -0.15) is 0 Å². The summed E-state index contributed by atoms with van der Waals surface area (Å²) in [6.45, 7) is 5.41. The highest BCUT2D eigenvalue weighted by atomic mass is 16.5. The minimum atomic E-state index is 0.736. The summed E-state index contributed by atoms with van der Waals surface area (Å²) in [4.78, 5) is 2.56. The van der Waals surface area contributed by atoms with Crippen LogP contribution in [0.3, 0.4) is 0 Å². The van der Waals surface area contributed by atoms with E-state index in [1.807, 2.05) is 0 Å². The predicted octanol–water partition coefficient (Wildman–Crippen LogP) is 5.19. The average Bonchev–Trinajstić information content (AvgIpc) is 2.80. The van der Waals surface area contributed by atoms with Crippen LogP contribution in [0.4, 0.5) is 0 Å². The standard InChI is InChI=1S/C25H31NO4/c1-6-7-9-26-10-8-16-17-11-22(27-2)23(28-3)12-18(17)19-13-24(29-4)25(30-5)14-20(19)21(16)15-26/h11-14H,6-10,15H2,1-5H3. The minimum Gasteiger partial charge on any atom is -0.493 e. The highest BCUT2D eigenvalue weighted by molar-refractivity contribution is 6.12. The van der Waals surface area contributed by atoms with Crippen LogP contribution in [0.1, 0.15) is 30.9 Å². The normalized spacial score (nSPS) is 14.0. The number of ether oxygens (including phenoxy) is 4. The summed E-state index contributed by atoms with van der Waals surface area (Å²) in [6.07, 6.45) is 3.46. The maximum Gasteiger partial charge on any atom is 0.161 e. The highest BCUT2D eigenvalue weighted by Crippen LogP contribution is 2.44. The molecule has 3 aromatic rings. The first-order chi connectivity index (χ1) is 14.6. The lowest BCUT2D eigenvalue weighted by atomic mass is 9.87. The van der Waals surface area contributed by atoms with E-state index in [1.165, 1.54) is 34.7 Å². The summed E-state index contributed by atoms with van der Waals surface area (Å²) >= 11 is 0. The second-order valence-corrected chi connectivity index (χ2v) is 7.84. The topological polar surface area (TPSA) is 40.2 Å². The molecule has 1 heterocycles. The Morgan fingerprint density at radius 1 is 0.700 bits per heavy atom. The maximum absolute atomic E-state index is 5.64. The van der Waals surface area contributed by atoms with Crippen LogP contribution in [-0.2, 0) is 13.0 Å². The van der Waals surface area contributed by atoms with Crippen molar-refractivity contribution in [3.05, 3.63) is 35.4 Å². The van der Waals surface area contributed by atoms with Gasteiger partial charge in [0, 0.05) is 13.1 Å². The number of rotatable bonds is 7. The van der Waals surface area contributed by atoms with E-state index in [4.69, 9.17) is 18.9 Å². The molecule has 5 nitrogen and oxygen atoms in total. The third-order valence-electron chi connectivity index (χ3n) is 6.24. The van der Waals surface area contributed by atoms with Crippen molar-refractivity contribution in [1.29, 1.82) is 0 Å². The molecule has 3 aromatic carbocycles. The molecule has 0 saturated carbocycles. The number of fused-ring (bicyclic) bond motifs is 6. The summed E-state index contributed by atoms with van der Waals surface area (Å²) in [6, 6.07) is 8.44. The fourth-order valence-corrected chi connectivity index (χ4v) is 4.64. The Balaban J connectivity index is 2.04. The fraction of sp³-hybridized carbons (Fsp3) is 0.440. The molecular formula is C25H31NO4. The summed E-state index contributed by atoms with van der Waals surface area (Å²) in [7, 11) is 6.75. The molecule has 0 atom stereocenters. The van der Waals surface area contributed by atoms with Crippen LogP contribution in [0.15, 0.2) is 24.3 Å². The molecule has 1 aliphatic heterocycles. The van der Waals surface area contributed by atoms with E-state index >= 15 is 0 Å². The lowest BCUT2D eigenvalue weighted by Gasteiger charge is -2.31. The Kier molecular flexibility index (Phi) is 5.91. The largest absolute Gasteiger partial charge is 0.493 e. The van der Waals surface area contributed by atoms with Crippen LogP contribution in [0.25, 0.3) is 21.5 Å². The molecule has 0 spiro atoms. The number of methoxy groups -OCH3 is 4. The number of hydrogen-bond acceptors (Lipinski definition) is 5. The van der Waals surface area contributed by atoms with Crippen molar-refractivity contribution in [3.8, 4) is 23.0 Å². The van der Waals surface area contributed by atoms with Crippen molar-refractivity contribution in [1.82, 2.24) is 4.90 Å². The Morgan fingerprint density at radius 3 is 1.63 bits per heavy atom. The number of unbranched alkanes of at least 4 members (excludes halogenated alkanes) is 1. The molecule has 0 aromatic heterocycles. The minimum absolute atomic E-state index is 0.736. The number of hydrogen-bond donors (Lipinski definition) is 0. The van der Waals surface area contributed by atoms with Crippen LogP contribution in [0.2, 0.25) is 0 Å². The number of benzene rings is 3. The lowest BCUT2D eigenvalue weighted by molar-refractivity contribution is 0.252. The van der Waals surface area contributed by atoms with Gasteiger partial charge in [0.25, 0.3) is 0 Å². The zero-order valence-electron chi connectivity index (χ0n) is 18.6. The molecule has 0 aliphatic carbocycles. The Morgan fingerprint density at radius 2 is 1.17 bits per heavy atom. The molecule has 0 saturated heterocycles. The van der Waals surface area contributed by atoms with E-state index in [-0.39, 0.29) is 0 Å². The summed E-state index contributed by atoms with van der Waals surface area (Å²) < 4.78 is 22.5. The summed E-state index contributed by atoms with van der Waals surface area (Å²) in [5.41, 5.74) is 2.78. The van der Waals surface area contributed by atoms with Gasteiger partial charge in [-0.15, -0.1) is 0 Å². The fourth-order valence-electron chi connectivity index (χ4n) is 4.64. The zero-order chi connectivity index (χ0) is 21.3. The molecule has 0 unspecified atom stereocenters. The second kappa shape index (κ2) is 8.60. The monoisotopic (exact) mass is 409 g/mol. The maximum atomic E-state index is 5.64. The van der Waals surface area contributed by atoms with E-state index in [0.717, 1.165) is 59.8 Å². The van der Waals surface area contributed by atoms with Crippen molar-refractivity contribution in [2.45, 2.75) is 32.7 Å². The third-order valence-corrected chi connectivity index (χ3v) is 6.24. The number of nitrogens with zero attached hydrogens (tertiary/aromatic N) is 1. The van der Waals surface area contributed by atoms with Crippen LogP contribution in [-0.4, -0.2) is 46.4 Å². The lowest BCUT2D eigenvalue weighted by Crippen LogP contribution is -2.31. The van der Waals surface area contributed by atoms with Crippen LogP contribution < -0.4 is 18.9 Å². The molecule has 0 bridgehead atoms.